The first-order chi connectivity index (χ1) is 12.6. The number of hydrogen-bond acceptors (Lipinski definition) is 4. The molecule has 4 nitrogen and oxygen atoms in total. The summed E-state index contributed by atoms with van der Waals surface area (Å²) in [5, 5.41) is 2.80. The Morgan fingerprint density at radius 2 is 1.69 bits per heavy atom. The molecule has 6 heteroatoms. The largest absolute Gasteiger partial charge is 0.451 e. The Morgan fingerprint density at radius 1 is 0.962 bits per heavy atom. The first-order valence-corrected chi connectivity index (χ1v) is 9.15. The van der Waals surface area contributed by atoms with Crippen LogP contribution in [0.15, 0.2) is 66.7 Å². The Balaban J connectivity index is 1.60. The van der Waals surface area contributed by atoms with E-state index in [1.807, 2.05) is 54.6 Å². The lowest BCUT2D eigenvalue weighted by Gasteiger charge is -2.11. The maximum absolute atomic E-state index is 12.1. The van der Waals surface area contributed by atoms with Crippen molar-refractivity contribution >= 4 is 40.5 Å². The van der Waals surface area contributed by atoms with E-state index >= 15 is 0 Å². The van der Waals surface area contributed by atoms with Crippen molar-refractivity contribution in [3.63, 3.8) is 0 Å². The molecular formula is C20H16ClNO3S. The summed E-state index contributed by atoms with van der Waals surface area (Å²) >= 11 is 6.90. The zero-order valence-electron chi connectivity index (χ0n) is 13.8. The standard InChI is InChI=1S/C20H16ClNO3S/c21-18-11-10-17(26-18)20(24)25-13-19(23)22-16-9-5-4-8-15(16)12-14-6-2-1-3-7-14/h1-11H,12-13H2,(H,22,23). The van der Waals surface area contributed by atoms with Crippen LogP contribution in [0.4, 0.5) is 5.69 Å². The summed E-state index contributed by atoms with van der Waals surface area (Å²) in [4.78, 5) is 24.4. The summed E-state index contributed by atoms with van der Waals surface area (Å²) in [7, 11) is 0. The molecule has 1 amide bonds. The van der Waals surface area contributed by atoms with Gasteiger partial charge in [-0.3, -0.25) is 4.79 Å². The molecule has 0 spiro atoms. The van der Waals surface area contributed by atoms with Gasteiger partial charge in [0, 0.05) is 5.69 Å². The van der Waals surface area contributed by atoms with E-state index in [1.165, 1.54) is 0 Å². The zero-order chi connectivity index (χ0) is 18.4. The van der Waals surface area contributed by atoms with Gasteiger partial charge in [0.15, 0.2) is 6.61 Å². The molecule has 0 saturated carbocycles. The molecular weight excluding hydrogens is 370 g/mol. The first kappa shape index (κ1) is 18.2. The third-order valence-electron chi connectivity index (χ3n) is 3.64. The van der Waals surface area contributed by atoms with Crippen LogP contribution in [0.25, 0.3) is 0 Å². The number of carbonyl (C=O) groups is 2. The normalized spacial score (nSPS) is 10.3. The Bertz CT molecular complexity index is 908. The molecule has 132 valence electrons. The van der Waals surface area contributed by atoms with E-state index in [0.717, 1.165) is 22.5 Å². The predicted octanol–water partition coefficient (Wildman–Crippen LogP) is 4.79. The molecule has 0 atom stereocenters. The van der Waals surface area contributed by atoms with Crippen LogP contribution in [0.5, 0.6) is 0 Å². The van der Waals surface area contributed by atoms with Gasteiger partial charge in [-0.05, 0) is 35.7 Å². The minimum absolute atomic E-state index is 0.353. The number of halogens is 1. The van der Waals surface area contributed by atoms with Crippen molar-refractivity contribution in [3.05, 3.63) is 87.1 Å². The van der Waals surface area contributed by atoms with Crippen molar-refractivity contribution in [2.75, 3.05) is 11.9 Å². The van der Waals surface area contributed by atoms with E-state index in [9.17, 15) is 9.59 Å². The summed E-state index contributed by atoms with van der Waals surface area (Å²) in [6, 6.07) is 20.7. The van der Waals surface area contributed by atoms with E-state index in [2.05, 4.69) is 5.32 Å². The number of anilines is 1. The van der Waals surface area contributed by atoms with E-state index in [-0.39, 0.29) is 12.5 Å². The third kappa shape index (κ3) is 4.94. The summed E-state index contributed by atoms with van der Waals surface area (Å²) < 4.78 is 5.53. The maximum atomic E-state index is 12.1. The number of benzene rings is 2. The molecule has 0 radical (unpaired) electrons. The number of nitrogens with one attached hydrogen (secondary N) is 1. The number of carbonyl (C=O) groups excluding carboxylic acids is 2. The Morgan fingerprint density at radius 3 is 2.42 bits per heavy atom. The van der Waals surface area contributed by atoms with Gasteiger partial charge in [0.1, 0.15) is 4.88 Å². The SMILES string of the molecule is O=C(COC(=O)c1ccc(Cl)s1)Nc1ccccc1Cc1ccccc1. The number of hydrogen-bond donors (Lipinski definition) is 1. The highest BCUT2D eigenvalue weighted by Crippen LogP contribution is 2.22. The summed E-state index contributed by atoms with van der Waals surface area (Å²) in [5.74, 6) is -0.948. The van der Waals surface area contributed by atoms with Crippen molar-refractivity contribution in [3.8, 4) is 0 Å². The van der Waals surface area contributed by atoms with Gasteiger partial charge in [0.05, 0.1) is 4.34 Å². The molecule has 0 unspecified atom stereocenters. The zero-order valence-corrected chi connectivity index (χ0v) is 15.3. The molecule has 0 bridgehead atoms. The minimum Gasteiger partial charge on any atom is -0.451 e. The molecule has 1 heterocycles. The molecule has 0 aliphatic carbocycles. The quantitative estimate of drug-likeness (QED) is 0.621. The van der Waals surface area contributed by atoms with Gasteiger partial charge in [-0.15, -0.1) is 11.3 Å². The number of para-hydroxylation sites is 1. The third-order valence-corrected chi connectivity index (χ3v) is 4.85. The lowest BCUT2D eigenvalue weighted by molar-refractivity contribution is -0.119. The summed E-state index contributed by atoms with van der Waals surface area (Å²) in [6.45, 7) is -0.353. The van der Waals surface area contributed by atoms with Crippen LogP contribution in [-0.2, 0) is 16.0 Å². The second kappa shape index (κ2) is 8.65. The van der Waals surface area contributed by atoms with E-state index < -0.39 is 5.97 Å². The van der Waals surface area contributed by atoms with E-state index in [4.69, 9.17) is 16.3 Å². The fourth-order valence-electron chi connectivity index (χ4n) is 2.42. The lowest BCUT2D eigenvalue weighted by atomic mass is 10.0. The molecule has 1 N–H and O–H groups in total. The molecule has 26 heavy (non-hydrogen) atoms. The van der Waals surface area contributed by atoms with Gasteiger partial charge in [-0.25, -0.2) is 4.79 Å². The highest BCUT2D eigenvalue weighted by Gasteiger charge is 2.13. The van der Waals surface area contributed by atoms with Crippen LogP contribution in [0.3, 0.4) is 0 Å². The summed E-state index contributed by atoms with van der Waals surface area (Å²) in [6.07, 6.45) is 0.699. The predicted molar refractivity (Wildman–Crippen MR) is 104 cm³/mol. The van der Waals surface area contributed by atoms with Crippen LogP contribution >= 0.6 is 22.9 Å². The van der Waals surface area contributed by atoms with Gasteiger partial charge in [0.25, 0.3) is 5.91 Å². The molecule has 0 saturated heterocycles. The fraction of sp³-hybridized carbons (Fsp3) is 0.100. The first-order valence-electron chi connectivity index (χ1n) is 7.96. The molecule has 0 fully saturated rings. The smallest absolute Gasteiger partial charge is 0.348 e. The van der Waals surface area contributed by atoms with Crippen molar-refractivity contribution < 1.29 is 14.3 Å². The van der Waals surface area contributed by atoms with Crippen LogP contribution in [0.1, 0.15) is 20.8 Å². The second-order valence-corrected chi connectivity index (χ2v) is 7.26. The second-order valence-electron chi connectivity index (χ2n) is 5.55. The topological polar surface area (TPSA) is 55.4 Å². The molecule has 0 aliphatic heterocycles. The highest BCUT2D eigenvalue weighted by atomic mass is 35.5. The number of ether oxygens (including phenoxy) is 1. The van der Waals surface area contributed by atoms with Crippen molar-refractivity contribution in [1.29, 1.82) is 0 Å². The van der Waals surface area contributed by atoms with Gasteiger partial charge in [-0.1, -0.05) is 60.1 Å². The van der Waals surface area contributed by atoms with Crippen molar-refractivity contribution in [2.45, 2.75) is 6.42 Å². The average molecular weight is 386 g/mol. The van der Waals surface area contributed by atoms with Gasteiger partial charge in [-0.2, -0.15) is 0 Å². The van der Waals surface area contributed by atoms with E-state index in [1.54, 1.807) is 12.1 Å². The van der Waals surface area contributed by atoms with Crippen LogP contribution in [-0.4, -0.2) is 18.5 Å². The lowest BCUT2D eigenvalue weighted by Crippen LogP contribution is -2.21. The molecule has 2 aromatic carbocycles. The molecule has 0 aliphatic rings. The van der Waals surface area contributed by atoms with E-state index in [0.29, 0.717) is 21.3 Å². The Hall–Kier alpha value is -2.63. The van der Waals surface area contributed by atoms with Crippen LogP contribution < -0.4 is 5.32 Å². The number of amides is 1. The van der Waals surface area contributed by atoms with Crippen molar-refractivity contribution in [1.82, 2.24) is 0 Å². The van der Waals surface area contributed by atoms with Crippen molar-refractivity contribution in [2.24, 2.45) is 0 Å². The fourth-order valence-corrected chi connectivity index (χ4v) is 3.36. The number of rotatable bonds is 6. The van der Waals surface area contributed by atoms with Gasteiger partial charge >= 0.3 is 5.97 Å². The minimum atomic E-state index is -0.561. The summed E-state index contributed by atoms with van der Waals surface area (Å²) in [5.41, 5.74) is 2.84. The van der Waals surface area contributed by atoms with Gasteiger partial charge < -0.3 is 10.1 Å². The number of thiophene rings is 1. The monoisotopic (exact) mass is 385 g/mol. The Labute approximate surface area is 160 Å². The maximum Gasteiger partial charge on any atom is 0.348 e. The number of esters is 1. The molecule has 1 aromatic heterocycles. The average Bonchev–Trinajstić information content (AvgIpc) is 3.09. The molecule has 3 aromatic rings. The van der Waals surface area contributed by atoms with Crippen LogP contribution in [0, 0.1) is 0 Å². The molecule has 3 rings (SSSR count). The highest BCUT2D eigenvalue weighted by molar-refractivity contribution is 7.17. The van der Waals surface area contributed by atoms with Crippen LogP contribution in [0.2, 0.25) is 4.34 Å². The Kier molecular flexibility index (Phi) is 6.04. The van der Waals surface area contributed by atoms with Gasteiger partial charge in [0.2, 0.25) is 0 Å².